The van der Waals surface area contributed by atoms with Gasteiger partial charge in [-0.1, -0.05) is 25.7 Å². The predicted molar refractivity (Wildman–Crippen MR) is 83.4 cm³/mol. The van der Waals surface area contributed by atoms with Gasteiger partial charge in [0.2, 0.25) is 0 Å². The van der Waals surface area contributed by atoms with Crippen LogP contribution in [-0.2, 0) is 4.74 Å². The molecule has 1 aromatic rings. The minimum Gasteiger partial charge on any atom is -0.453 e. The highest BCUT2D eigenvalue weighted by Crippen LogP contribution is 2.13. The van der Waals surface area contributed by atoms with E-state index in [0.717, 1.165) is 18.9 Å². The van der Waals surface area contributed by atoms with E-state index in [-0.39, 0.29) is 6.09 Å². The van der Waals surface area contributed by atoms with Crippen molar-refractivity contribution in [3.05, 3.63) is 18.2 Å². The minimum absolute atomic E-state index is 0.242. The lowest BCUT2D eigenvalue weighted by Gasteiger charge is -2.35. The molecule has 0 bridgehead atoms. The Hall–Kier alpha value is -1.56. The second-order valence-electron chi connectivity index (χ2n) is 6.08. The molecule has 6 heteroatoms. The van der Waals surface area contributed by atoms with Gasteiger partial charge < -0.3 is 14.5 Å². The van der Waals surface area contributed by atoms with E-state index < -0.39 is 8.07 Å². The van der Waals surface area contributed by atoms with Crippen molar-refractivity contribution in [2.75, 3.05) is 38.2 Å². The number of pyridine rings is 1. The number of carbonyl (C=O) groups excluding carboxylic acids is 1. The van der Waals surface area contributed by atoms with Crippen molar-refractivity contribution in [2.24, 2.45) is 0 Å². The van der Waals surface area contributed by atoms with Crippen molar-refractivity contribution in [3.63, 3.8) is 0 Å². The van der Waals surface area contributed by atoms with E-state index in [4.69, 9.17) is 9.72 Å². The van der Waals surface area contributed by atoms with Crippen LogP contribution in [0.2, 0.25) is 19.6 Å². The Bertz CT molecular complexity index is 480. The van der Waals surface area contributed by atoms with Crippen molar-refractivity contribution >= 4 is 25.3 Å². The molecule has 1 amide bonds. The number of hydrogen-bond acceptors (Lipinski definition) is 4. The average molecular weight is 293 g/mol. The van der Waals surface area contributed by atoms with E-state index in [0.29, 0.717) is 13.1 Å². The maximum Gasteiger partial charge on any atom is 0.409 e. The molecule has 1 fully saturated rings. The van der Waals surface area contributed by atoms with E-state index in [1.54, 1.807) is 4.90 Å². The zero-order chi connectivity index (χ0) is 14.8. The number of piperazine rings is 1. The van der Waals surface area contributed by atoms with Gasteiger partial charge >= 0.3 is 6.09 Å². The van der Waals surface area contributed by atoms with Crippen molar-refractivity contribution in [1.29, 1.82) is 0 Å². The van der Waals surface area contributed by atoms with Gasteiger partial charge in [0.05, 0.1) is 7.11 Å². The smallest absolute Gasteiger partial charge is 0.409 e. The SMILES string of the molecule is COC(=O)N1CCN(c2cccc([Si](C)(C)C)n2)CC1. The number of nitrogens with zero attached hydrogens (tertiary/aromatic N) is 3. The van der Waals surface area contributed by atoms with Crippen molar-refractivity contribution in [2.45, 2.75) is 19.6 Å². The fourth-order valence-corrected chi connectivity index (χ4v) is 3.31. The molecule has 0 atom stereocenters. The molecule has 2 heterocycles. The van der Waals surface area contributed by atoms with Crippen LogP contribution >= 0.6 is 0 Å². The molecule has 0 spiro atoms. The van der Waals surface area contributed by atoms with Crippen LogP contribution < -0.4 is 10.2 Å². The highest BCUT2D eigenvalue weighted by Gasteiger charge is 2.24. The second kappa shape index (κ2) is 5.83. The lowest BCUT2D eigenvalue weighted by molar-refractivity contribution is 0.121. The van der Waals surface area contributed by atoms with Gasteiger partial charge in [-0.2, -0.15) is 0 Å². The summed E-state index contributed by atoms with van der Waals surface area (Å²) in [4.78, 5) is 20.3. The van der Waals surface area contributed by atoms with Gasteiger partial charge in [-0.05, 0) is 12.1 Å². The first-order valence-corrected chi connectivity index (χ1v) is 10.5. The molecule has 0 aliphatic carbocycles. The summed E-state index contributed by atoms with van der Waals surface area (Å²) in [5.41, 5.74) is 0. The van der Waals surface area contributed by atoms with Gasteiger partial charge in [-0.25, -0.2) is 9.78 Å². The molecule has 0 aromatic carbocycles. The average Bonchev–Trinajstić information content (AvgIpc) is 2.46. The maximum absolute atomic E-state index is 11.5. The number of aromatic nitrogens is 1. The van der Waals surface area contributed by atoms with Crippen LogP contribution in [-0.4, -0.2) is 57.3 Å². The Morgan fingerprint density at radius 3 is 2.40 bits per heavy atom. The largest absolute Gasteiger partial charge is 0.453 e. The molecule has 0 saturated carbocycles. The number of rotatable bonds is 2. The summed E-state index contributed by atoms with van der Waals surface area (Å²) in [5.74, 6) is 1.02. The Kier molecular flexibility index (Phi) is 4.32. The molecule has 0 radical (unpaired) electrons. The standard InChI is InChI=1S/C14H23N3O2Si/c1-19-14(18)17-10-8-16(9-11-17)12-6-5-7-13(15-12)20(2,3)4/h5-7H,8-11H2,1-4H3. The third-order valence-corrected chi connectivity index (χ3v) is 5.35. The van der Waals surface area contributed by atoms with Crippen LogP contribution in [0.3, 0.4) is 0 Å². The Balaban J connectivity index is 2.06. The molecular formula is C14H23N3O2Si. The fraction of sp³-hybridized carbons (Fsp3) is 0.571. The van der Waals surface area contributed by atoms with E-state index in [1.807, 2.05) is 0 Å². The normalized spacial score (nSPS) is 16.2. The first-order valence-electron chi connectivity index (χ1n) is 6.97. The van der Waals surface area contributed by atoms with Gasteiger partial charge in [0, 0.05) is 31.5 Å². The summed E-state index contributed by atoms with van der Waals surface area (Å²) in [5, 5.41) is 1.23. The Morgan fingerprint density at radius 1 is 1.20 bits per heavy atom. The summed E-state index contributed by atoms with van der Waals surface area (Å²) >= 11 is 0. The van der Waals surface area contributed by atoms with Gasteiger partial charge in [-0.3, -0.25) is 0 Å². The van der Waals surface area contributed by atoms with Crippen molar-refractivity contribution in [3.8, 4) is 0 Å². The van der Waals surface area contributed by atoms with Crippen LogP contribution in [0.25, 0.3) is 0 Å². The fourth-order valence-electron chi connectivity index (χ4n) is 2.26. The first kappa shape index (κ1) is 14.8. The number of anilines is 1. The third kappa shape index (κ3) is 3.30. The molecule has 1 aliphatic rings. The van der Waals surface area contributed by atoms with Crippen LogP contribution in [0.4, 0.5) is 10.6 Å². The quantitative estimate of drug-likeness (QED) is 0.776. The highest BCUT2D eigenvalue weighted by molar-refractivity contribution is 6.88. The van der Waals surface area contributed by atoms with Crippen LogP contribution in [0.15, 0.2) is 18.2 Å². The summed E-state index contributed by atoms with van der Waals surface area (Å²) in [6.45, 7) is 9.88. The van der Waals surface area contributed by atoms with Gasteiger partial charge in [0.1, 0.15) is 13.9 Å². The lowest BCUT2D eigenvalue weighted by Crippen LogP contribution is -2.49. The van der Waals surface area contributed by atoms with Gasteiger partial charge in [-0.15, -0.1) is 0 Å². The van der Waals surface area contributed by atoms with Crippen LogP contribution in [0.5, 0.6) is 0 Å². The van der Waals surface area contributed by atoms with Crippen molar-refractivity contribution in [1.82, 2.24) is 9.88 Å². The summed E-state index contributed by atoms with van der Waals surface area (Å²) in [6, 6.07) is 6.26. The molecule has 2 rings (SSSR count). The summed E-state index contributed by atoms with van der Waals surface area (Å²) in [6.07, 6.45) is -0.242. The topological polar surface area (TPSA) is 45.7 Å². The molecular weight excluding hydrogens is 270 g/mol. The molecule has 0 unspecified atom stereocenters. The highest BCUT2D eigenvalue weighted by atomic mass is 28.3. The second-order valence-corrected chi connectivity index (χ2v) is 11.1. The zero-order valence-corrected chi connectivity index (χ0v) is 13.7. The molecule has 110 valence electrons. The van der Waals surface area contributed by atoms with Crippen molar-refractivity contribution < 1.29 is 9.53 Å². The number of carbonyl (C=O) groups is 1. The molecule has 1 aliphatic heterocycles. The maximum atomic E-state index is 11.5. The number of methoxy groups -OCH3 is 1. The number of amides is 1. The summed E-state index contributed by atoms with van der Waals surface area (Å²) < 4.78 is 4.75. The number of hydrogen-bond donors (Lipinski definition) is 0. The van der Waals surface area contributed by atoms with Gasteiger partial charge in [0.25, 0.3) is 0 Å². The van der Waals surface area contributed by atoms with E-state index in [1.165, 1.54) is 12.4 Å². The zero-order valence-electron chi connectivity index (χ0n) is 12.7. The summed E-state index contributed by atoms with van der Waals surface area (Å²) in [7, 11) is 0.0365. The van der Waals surface area contributed by atoms with Crippen LogP contribution in [0, 0.1) is 0 Å². The van der Waals surface area contributed by atoms with Crippen LogP contribution in [0.1, 0.15) is 0 Å². The van der Waals surface area contributed by atoms with E-state index in [2.05, 4.69) is 42.7 Å². The van der Waals surface area contributed by atoms with E-state index in [9.17, 15) is 4.79 Å². The first-order chi connectivity index (χ1) is 9.41. The molecule has 20 heavy (non-hydrogen) atoms. The molecule has 1 saturated heterocycles. The third-order valence-electron chi connectivity index (χ3n) is 3.54. The molecule has 5 nitrogen and oxygen atoms in total. The molecule has 0 N–H and O–H groups in total. The number of ether oxygens (including phenoxy) is 1. The lowest BCUT2D eigenvalue weighted by atomic mass is 10.3. The Morgan fingerprint density at radius 2 is 1.85 bits per heavy atom. The Labute approximate surface area is 121 Å². The van der Waals surface area contributed by atoms with Gasteiger partial charge in [0.15, 0.2) is 0 Å². The molecule has 1 aromatic heterocycles. The predicted octanol–water partition coefficient (Wildman–Crippen LogP) is 1.52. The monoisotopic (exact) mass is 293 g/mol. The van der Waals surface area contributed by atoms with E-state index >= 15 is 0 Å². The minimum atomic E-state index is -1.39.